The zero-order chi connectivity index (χ0) is 12.4. The van der Waals surface area contributed by atoms with E-state index >= 15 is 0 Å². The van der Waals surface area contributed by atoms with Gasteiger partial charge in [0.25, 0.3) is 0 Å². The van der Waals surface area contributed by atoms with Crippen LogP contribution in [0.1, 0.15) is 18.3 Å². The first-order chi connectivity index (χ1) is 8.11. The maximum Gasteiger partial charge on any atom is 0.157 e. The minimum Gasteiger partial charge on any atom is -0.484 e. The minimum absolute atomic E-state index is 0.487. The number of ether oxygens (including phenoxy) is 1. The third-order valence-electron chi connectivity index (χ3n) is 2.51. The third kappa shape index (κ3) is 2.52. The predicted molar refractivity (Wildman–Crippen MR) is 67.9 cm³/mol. The summed E-state index contributed by atoms with van der Waals surface area (Å²) < 4.78 is 10.3. The maximum absolute atomic E-state index is 5.68. The molecule has 0 N–H and O–H groups in total. The van der Waals surface area contributed by atoms with Gasteiger partial charge in [-0.15, -0.1) is 0 Å². The molecule has 0 amide bonds. The van der Waals surface area contributed by atoms with Crippen LogP contribution in [0.15, 0.2) is 16.9 Å². The summed E-state index contributed by atoms with van der Waals surface area (Å²) in [6.45, 7) is 5.36. The largest absolute Gasteiger partial charge is 0.484 e. The van der Waals surface area contributed by atoms with Crippen molar-refractivity contribution >= 4 is 15.9 Å². The Labute approximate surface area is 109 Å². The zero-order valence-corrected chi connectivity index (χ0v) is 11.7. The molecule has 6 heteroatoms. The number of hydrogen-bond donors (Lipinski definition) is 0. The number of hydrogen-bond acceptors (Lipinski definition) is 3. The molecule has 0 spiro atoms. The highest BCUT2D eigenvalue weighted by molar-refractivity contribution is 9.10. The van der Waals surface area contributed by atoms with Gasteiger partial charge >= 0.3 is 0 Å². The van der Waals surface area contributed by atoms with E-state index in [0.29, 0.717) is 6.61 Å². The molecule has 5 nitrogen and oxygen atoms in total. The lowest BCUT2D eigenvalue weighted by Gasteiger charge is -2.06. The number of rotatable bonds is 4. The lowest BCUT2D eigenvalue weighted by Crippen LogP contribution is -2.06. The van der Waals surface area contributed by atoms with Crippen LogP contribution in [0, 0.1) is 6.92 Å². The van der Waals surface area contributed by atoms with Gasteiger partial charge in [0.2, 0.25) is 0 Å². The quantitative estimate of drug-likeness (QED) is 0.870. The van der Waals surface area contributed by atoms with Gasteiger partial charge in [-0.25, -0.2) is 0 Å². The normalized spacial score (nSPS) is 10.8. The molecule has 92 valence electrons. The van der Waals surface area contributed by atoms with Crippen LogP contribution in [0.5, 0.6) is 5.75 Å². The van der Waals surface area contributed by atoms with Crippen molar-refractivity contribution in [1.29, 1.82) is 0 Å². The molecule has 17 heavy (non-hydrogen) atoms. The molecule has 2 heterocycles. The topological polar surface area (TPSA) is 44.9 Å². The molecule has 0 fully saturated rings. The second kappa shape index (κ2) is 4.91. The molecule has 0 aliphatic carbocycles. The van der Waals surface area contributed by atoms with E-state index in [1.807, 2.05) is 24.9 Å². The number of aromatic nitrogens is 4. The Balaban J connectivity index is 2.13. The van der Waals surface area contributed by atoms with Gasteiger partial charge in [0.05, 0.1) is 28.3 Å². The SMILES string of the molecule is CCn1nc(C)c(Br)c1COc1cnn(C)c1. The Morgan fingerprint density at radius 2 is 2.24 bits per heavy atom. The van der Waals surface area contributed by atoms with Crippen molar-refractivity contribution in [2.75, 3.05) is 0 Å². The summed E-state index contributed by atoms with van der Waals surface area (Å²) in [7, 11) is 1.86. The van der Waals surface area contributed by atoms with Gasteiger partial charge in [-0.3, -0.25) is 9.36 Å². The van der Waals surface area contributed by atoms with Gasteiger partial charge in [-0.2, -0.15) is 10.2 Å². The Morgan fingerprint density at radius 3 is 2.82 bits per heavy atom. The van der Waals surface area contributed by atoms with Crippen molar-refractivity contribution in [1.82, 2.24) is 19.6 Å². The highest BCUT2D eigenvalue weighted by Gasteiger charge is 2.12. The molecule has 0 saturated heterocycles. The van der Waals surface area contributed by atoms with Crippen LogP contribution in [0.4, 0.5) is 0 Å². The van der Waals surface area contributed by atoms with E-state index in [-0.39, 0.29) is 0 Å². The van der Waals surface area contributed by atoms with Crippen molar-refractivity contribution < 1.29 is 4.74 Å². The van der Waals surface area contributed by atoms with E-state index in [1.165, 1.54) is 0 Å². The Hall–Kier alpha value is -1.30. The Kier molecular flexibility index (Phi) is 3.51. The number of aryl methyl sites for hydroxylation is 3. The summed E-state index contributed by atoms with van der Waals surface area (Å²) in [5.41, 5.74) is 2.03. The second-order valence-corrected chi connectivity index (χ2v) is 4.59. The van der Waals surface area contributed by atoms with Crippen LogP contribution in [0.2, 0.25) is 0 Å². The molecule has 0 aliphatic heterocycles. The molecule has 0 aromatic carbocycles. The molecule has 0 unspecified atom stereocenters. The molecule has 0 atom stereocenters. The van der Waals surface area contributed by atoms with Crippen molar-refractivity contribution in [2.24, 2.45) is 7.05 Å². The minimum atomic E-state index is 0.487. The van der Waals surface area contributed by atoms with E-state index in [0.717, 1.165) is 28.2 Å². The van der Waals surface area contributed by atoms with Gasteiger partial charge < -0.3 is 4.74 Å². The summed E-state index contributed by atoms with van der Waals surface area (Å²) in [6, 6.07) is 0. The van der Waals surface area contributed by atoms with E-state index in [2.05, 4.69) is 33.1 Å². The Morgan fingerprint density at radius 1 is 1.47 bits per heavy atom. The fourth-order valence-corrected chi connectivity index (χ4v) is 2.03. The van der Waals surface area contributed by atoms with Crippen molar-refractivity contribution in [3.8, 4) is 5.75 Å². The third-order valence-corrected chi connectivity index (χ3v) is 3.54. The van der Waals surface area contributed by atoms with Gasteiger partial charge in [-0.05, 0) is 29.8 Å². The molecule has 0 bridgehead atoms. The highest BCUT2D eigenvalue weighted by atomic mass is 79.9. The predicted octanol–water partition coefficient (Wildman–Crippen LogP) is 2.29. The van der Waals surface area contributed by atoms with E-state index < -0.39 is 0 Å². The molecule has 2 rings (SSSR count). The number of nitrogens with zero attached hydrogens (tertiary/aromatic N) is 4. The fraction of sp³-hybridized carbons (Fsp3) is 0.455. The summed E-state index contributed by atoms with van der Waals surface area (Å²) in [4.78, 5) is 0. The van der Waals surface area contributed by atoms with Crippen molar-refractivity contribution in [2.45, 2.75) is 27.0 Å². The van der Waals surface area contributed by atoms with Crippen LogP contribution >= 0.6 is 15.9 Å². The Bertz CT molecular complexity index is 518. The average Bonchev–Trinajstić information content (AvgIpc) is 2.83. The first kappa shape index (κ1) is 12.2. The van der Waals surface area contributed by atoms with E-state index in [9.17, 15) is 0 Å². The molecular formula is C11H15BrN4O. The summed E-state index contributed by atoms with van der Waals surface area (Å²) >= 11 is 3.54. The average molecular weight is 299 g/mol. The fourth-order valence-electron chi connectivity index (χ4n) is 1.63. The van der Waals surface area contributed by atoms with Crippen molar-refractivity contribution in [3.63, 3.8) is 0 Å². The summed E-state index contributed by atoms with van der Waals surface area (Å²) in [5.74, 6) is 0.765. The first-order valence-electron chi connectivity index (χ1n) is 5.45. The smallest absolute Gasteiger partial charge is 0.157 e. The lowest BCUT2D eigenvalue weighted by atomic mass is 10.4. The molecular weight excluding hydrogens is 284 g/mol. The summed E-state index contributed by atoms with van der Waals surface area (Å²) in [6.07, 6.45) is 3.54. The van der Waals surface area contributed by atoms with E-state index in [4.69, 9.17) is 4.74 Å². The monoisotopic (exact) mass is 298 g/mol. The van der Waals surface area contributed by atoms with Gasteiger partial charge in [0.15, 0.2) is 5.75 Å². The maximum atomic E-state index is 5.68. The standard InChI is InChI=1S/C11H15BrN4O/c1-4-16-10(11(12)8(2)14-16)7-17-9-5-13-15(3)6-9/h5-6H,4,7H2,1-3H3. The molecule has 0 saturated carbocycles. The van der Waals surface area contributed by atoms with Gasteiger partial charge in [0, 0.05) is 13.6 Å². The van der Waals surface area contributed by atoms with Crippen molar-refractivity contribution in [3.05, 3.63) is 28.3 Å². The molecule has 2 aromatic rings. The number of halogens is 1. The van der Waals surface area contributed by atoms with E-state index in [1.54, 1.807) is 10.9 Å². The first-order valence-corrected chi connectivity index (χ1v) is 6.24. The van der Waals surface area contributed by atoms with Crippen LogP contribution < -0.4 is 4.74 Å². The zero-order valence-electron chi connectivity index (χ0n) is 10.1. The van der Waals surface area contributed by atoms with Crippen LogP contribution in [0.3, 0.4) is 0 Å². The molecule has 2 aromatic heterocycles. The molecule has 0 radical (unpaired) electrons. The van der Waals surface area contributed by atoms with Crippen LogP contribution in [0.25, 0.3) is 0 Å². The van der Waals surface area contributed by atoms with Crippen LogP contribution in [-0.4, -0.2) is 19.6 Å². The van der Waals surface area contributed by atoms with Gasteiger partial charge in [-0.1, -0.05) is 0 Å². The second-order valence-electron chi connectivity index (χ2n) is 3.80. The summed E-state index contributed by atoms with van der Waals surface area (Å²) in [5, 5.41) is 8.47. The highest BCUT2D eigenvalue weighted by Crippen LogP contribution is 2.22. The van der Waals surface area contributed by atoms with Crippen LogP contribution in [-0.2, 0) is 20.2 Å². The van der Waals surface area contributed by atoms with Gasteiger partial charge in [0.1, 0.15) is 6.61 Å². The molecule has 0 aliphatic rings. The lowest BCUT2D eigenvalue weighted by molar-refractivity contribution is 0.291.